The fourth-order valence-corrected chi connectivity index (χ4v) is 3.67. The Labute approximate surface area is 192 Å². The average Bonchev–Trinajstić information content (AvgIpc) is 3.12. The van der Waals surface area contributed by atoms with Crippen LogP contribution in [0, 0.1) is 0 Å². The van der Waals surface area contributed by atoms with E-state index in [-0.39, 0.29) is 18.3 Å². The number of nitrogens with zero attached hydrogens (tertiary/aromatic N) is 5. The Hall–Kier alpha value is -3.00. The molecule has 0 bridgehead atoms. The normalized spacial score (nSPS) is 16.6. The molecule has 1 fully saturated rings. The molecule has 9 heteroatoms. The Bertz CT molecular complexity index is 995. The van der Waals surface area contributed by atoms with Crippen molar-refractivity contribution in [2.24, 2.45) is 4.99 Å². The predicted molar refractivity (Wildman–Crippen MR) is 127 cm³/mol. The van der Waals surface area contributed by atoms with Gasteiger partial charge in [-0.1, -0.05) is 29.8 Å². The summed E-state index contributed by atoms with van der Waals surface area (Å²) in [4.78, 5) is 29.6. The SMILES string of the molecule is C=CC/C=C(F)\C=C/Cn1c(/C(=C/C)C/C(Cl)=C\N=C)nn(C2CCN(C=O)CC2)c1=O. The van der Waals surface area contributed by atoms with Crippen LogP contribution in [0.1, 0.15) is 44.5 Å². The predicted octanol–water partition coefficient (Wildman–Crippen LogP) is 4.40. The maximum Gasteiger partial charge on any atom is 0.346 e. The van der Waals surface area contributed by atoms with Crippen molar-refractivity contribution in [2.75, 3.05) is 13.1 Å². The number of carbonyl (C=O) groups excluding carboxylic acids is 1. The highest BCUT2D eigenvalue weighted by Crippen LogP contribution is 2.25. The number of rotatable bonds is 11. The molecule has 0 radical (unpaired) electrons. The van der Waals surface area contributed by atoms with Gasteiger partial charge in [-0.2, -0.15) is 0 Å². The molecular formula is C23H29ClFN5O2. The van der Waals surface area contributed by atoms with Crippen molar-refractivity contribution >= 4 is 30.3 Å². The second kappa shape index (κ2) is 12.8. The van der Waals surface area contributed by atoms with E-state index in [1.165, 1.54) is 27.6 Å². The Kier molecular flexibility index (Phi) is 10.1. The molecule has 2 heterocycles. The number of halogens is 2. The van der Waals surface area contributed by atoms with Crippen molar-refractivity contribution in [3.05, 3.63) is 70.3 Å². The first-order chi connectivity index (χ1) is 15.4. The number of amides is 1. The third-order valence-electron chi connectivity index (χ3n) is 5.15. The lowest BCUT2D eigenvalue weighted by Crippen LogP contribution is -2.37. The van der Waals surface area contributed by atoms with Gasteiger partial charge in [-0.3, -0.25) is 14.4 Å². The van der Waals surface area contributed by atoms with Crippen molar-refractivity contribution < 1.29 is 9.18 Å². The van der Waals surface area contributed by atoms with Crippen LogP contribution in [-0.4, -0.2) is 45.5 Å². The molecule has 0 aromatic carbocycles. The second-order valence-corrected chi connectivity index (χ2v) is 7.78. The molecule has 0 saturated carbocycles. The summed E-state index contributed by atoms with van der Waals surface area (Å²) in [7, 11) is 0. The second-order valence-electron chi connectivity index (χ2n) is 7.30. The topological polar surface area (TPSA) is 72.5 Å². The fourth-order valence-electron chi connectivity index (χ4n) is 3.46. The summed E-state index contributed by atoms with van der Waals surface area (Å²) in [6, 6.07) is -0.120. The number of allylic oxidation sites excluding steroid dienone is 8. The van der Waals surface area contributed by atoms with Gasteiger partial charge in [0.05, 0.1) is 6.04 Å². The molecule has 1 aliphatic heterocycles. The molecule has 1 aliphatic rings. The molecule has 7 nitrogen and oxygen atoms in total. The van der Waals surface area contributed by atoms with Gasteiger partial charge in [-0.25, -0.2) is 13.9 Å². The average molecular weight is 462 g/mol. The molecule has 1 amide bonds. The van der Waals surface area contributed by atoms with Crippen LogP contribution in [0.3, 0.4) is 0 Å². The van der Waals surface area contributed by atoms with Crippen molar-refractivity contribution in [3.8, 4) is 0 Å². The van der Waals surface area contributed by atoms with E-state index in [0.29, 0.717) is 49.6 Å². The van der Waals surface area contributed by atoms with E-state index in [2.05, 4.69) is 23.4 Å². The van der Waals surface area contributed by atoms with Crippen LogP contribution in [0.2, 0.25) is 0 Å². The molecule has 32 heavy (non-hydrogen) atoms. The Balaban J connectivity index is 2.40. The van der Waals surface area contributed by atoms with Gasteiger partial charge in [-0.15, -0.1) is 11.7 Å². The zero-order chi connectivity index (χ0) is 23.5. The van der Waals surface area contributed by atoms with Gasteiger partial charge in [0.25, 0.3) is 0 Å². The summed E-state index contributed by atoms with van der Waals surface area (Å²) in [5, 5.41) is 5.07. The van der Waals surface area contributed by atoms with Gasteiger partial charge < -0.3 is 4.90 Å². The first-order valence-electron chi connectivity index (χ1n) is 10.4. The highest BCUT2D eigenvalue weighted by atomic mass is 35.5. The summed E-state index contributed by atoms with van der Waals surface area (Å²) < 4.78 is 16.9. The number of hydrogen-bond acceptors (Lipinski definition) is 4. The number of aromatic nitrogens is 3. The molecular weight excluding hydrogens is 433 g/mol. The van der Waals surface area contributed by atoms with E-state index < -0.39 is 5.83 Å². The number of hydrogen-bond donors (Lipinski definition) is 0. The molecule has 2 rings (SSSR count). The first kappa shape index (κ1) is 25.3. The molecule has 0 N–H and O–H groups in total. The molecule has 1 aromatic heterocycles. The lowest BCUT2D eigenvalue weighted by atomic mass is 10.1. The molecule has 0 unspecified atom stereocenters. The fraction of sp³-hybridized carbons (Fsp3) is 0.391. The quantitative estimate of drug-likeness (QED) is 0.212. The van der Waals surface area contributed by atoms with Crippen LogP contribution in [0.5, 0.6) is 0 Å². The van der Waals surface area contributed by atoms with E-state index in [1.807, 2.05) is 13.0 Å². The lowest BCUT2D eigenvalue weighted by molar-refractivity contribution is -0.119. The van der Waals surface area contributed by atoms with Gasteiger partial charge in [0.15, 0.2) is 5.82 Å². The summed E-state index contributed by atoms with van der Waals surface area (Å²) in [5.74, 6) is 0.0634. The highest BCUT2D eigenvalue weighted by molar-refractivity contribution is 6.30. The van der Waals surface area contributed by atoms with Crippen LogP contribution in [-0.2, 0) is 11.3 Å². The van der Waals surface area contributed by atoms with Gasteiger partial charge in [0.2, 0.25) is 6.41 Å². The van der Waals surface area contributed by atoms with E-state index >= 15 is 0 Å². The minimum Gasteiger partial charge on any atom is -0.345 e. The Morgan fingerprint density at radius 3 is 2.69 bits per heavy atom. The standard InChI is InChI=1S/C23H29ClFN5O2/c1-4-6-8-20(25)9-7-12-29-22(18(5-2)15-19(24)16-26-3)27-30(23(29)32)21-10-13-28(17-31)14-11-21/h4-5,7-9,16-17,21H,1,3,6,10-15H2,2H3/b9-7-,18-5+,19-16+,20-8+. The number of piperidine rings is 1. The van der Waals surface area contributed by atoms with Gasteiger partial charge in [0, 0.05) is 37.3 Å². The van der Waals surface area contributed by atoms with Crippen LogP contribution < -0.4 is 5.69 Å². The lowest BCUT2D eigenvalue weighted by Gasteiger charge is -2.28. The first-order valence-corrected chi connectivity index (χ1v) is 10.8. The van der Waals surface area contributed by atoms with Gasteiger partial charge in [0.1, 0.15) is 5.83 Å². The summed E-state index contributed by atoms with van der Waals surface area (Å²) in [5.41, 5.74) is 0.457. The van der Waals surface area contributed by atoms with E-state index in [9.17, 15) is 14.0 Å². The van der Waals surface area contributed by atoms with Gasteiger partial charge >= 0.3 is 5.69 Å². The molecule has 0 spiro atoms. The summed E-state index contributed by atoms with van der Waals surface area (Å²) >= 11 is 6.23. The molecule has 1 aromatic rings. The zero-order valence-electron chi connectivity index (χ0n) is 18.3. The van der Waals surface area contributed by atoms with Crippen molar-refractivity contribution in [1.29, 1.82) is 0 Å². The summed E-state index contributed by atoms with van der Waals surface area (Å²) in [6.45, 7) is 10.1. The number of likely N-dealkylation sites (tertiary alicyclic amines) is 1. The molecule has 1 saturated heterocycles. The number of carbonyl (C=O) groups is 1. The molecule has 172 valence electrons. The van der Waals surface area contributed by atoms with Crippen molar-refractivity contribution in [2.45, 2.75) is 45.2 Å². The monoisotopic (exact) mass is 461 g/mol. The minimum absolute atomic E-state index is 0.120. The van der Waals surface area contributed by atoms with Crippen LogP contribution in [0.4, 0.5) is 4.39 Å². The van der Waals surface area contributed by atoms with Crippen LogP contribution >= 0.6 is 11.6 Å². The largest absolute Gasteiger partial charge is 0.346 e. The molecule has 0 aliphatic carbocycles. The highest BCUT2D eigenvalue weighted by Gasteiger charge is 2.25. The third kappa shape index (κ3) is 6.75. The maximum atomic E-state index is 13.9. The molecule has 0 atom stereocenters. The van der Waals surface area contributed by atoms with Crippen molar-refractivity contribution in [1.82, 2.24) is 19.2 Å². The smallest absolute Gasteiger partial charge is 0.345 e. The van der Waals surface area contributed by atoms with Crippen LogP contribution in [0.15, 0.2) is 63.8 Å². The van der Waals surface area contributed by atoms with E-state index in [1.54, 1.807) is 17.1 Å². The maximum absolute atomic E-state index is 13.9. The minimum atomic E-state index is -0.401. The third-order valence-corrected chi connectivity index (χ3v) is 5.38. The van der Waals surface area contributed by atoms with E-state index in [0.717, 1.165) is 12.0 Å². The number of aliphatic imine (C=N–C) groups is 1. The van der Waals surface area contributed by atoms with E-state index in [4.69, 9.17) is 11.6 Å². The van der Waals surface area contributed by atoms with Gasteiger partial charge in [-0.05, 0) is 50.6 Å². The Morgan fingerprint density at radius 2 is 2.09 bits per heavy atom. The van der Waals surface area contributed by atoms with Crippen molar-refractivity contribution in [3.63, 3.8) is 0 Å². The zero-order valence-corrected chi connectivity index (χ0v) is 19.0. The van der Waals surface area contributed by atoms with Crippen LogP contribution in [0.25, 0.3) is 5.57 Å². The Morgan fingerprint density at radius 1 is 1.38 bits per heavy atom. The summed E-state index contributed by atoms with van der Waals surface area (Å²) in [6.07, 6.45) is 12.0.